The second-order valence-corrected chi connectivity index (χ2v) is 1.30. The third-order valence-electron chi connectivity index (χ3n) is 0.814. The molecular formula is C5H11NU. The van der Waals surface area contributed by atoms with Crippen LogP contribution >= 0.6 is 0 Å². The third-order valence-corrected chi connectivity index (χ3v) is 0.814. The van der Waals surface area contributed by atoms with Crippen LogP contribution in [-0.2, 0) is 0 Å². The summed E-state index contributed by atoms with van der Waals surface area (Å²) in [7, 11) is 0. The van der Waals surface area contributed by atoms with Crippen LogP contribution in [0, 0.1) is 45.1 Å². The maximum atomic E-state index is 3.10. The third kappa shape index (κ3) is 4.87. The molecule has 0 aromatic rings. The Balaban J connectivity index is 0. The Morgan fingerprint density at radius 2 is 2.14 bits per heavy atom. The quantitative estimate of drug-likeness (QED) is 0.656. The predicted octanol–water partition coefficient (Wildman–Crippen LogP) is 0.982. The van der Waals surface area contributed by atoms with E-state index in [1.54, 1.807) is 0 Å². The van der Waals surface area contributed by atoms with Crippen molar-refractivity contribution in [2.75, 3.05) is 6.54 Å². The van der Waals surface area contributed by atoms with Gasteiger partial charge in [0.1, 0.15) is 0 Å². The van der Waals surface area contributed by atoms with Gasteiger partial charge in [0.15, 0.2) is 0 Å². The number of hydrogen-bond acceptors (Lipinski definition) is 1. The fourth-order valence-corrected chi connectivity index (χ4v) is 0.510. The molecule has 7 heavy (non-hydrogen) atoms. The van der Waals surface area contributed by atoms with E-state index < -0.39 is 0 Å². The van der Waals surface area contributed by atoms with Gasteiger partial charge in [-0.3, -0.25) is 6.54 Å². The van der Waals surface area contributed by atoms with Gasteiger partial charge in [0.2, 0.25) is 0 Å². The van der Waals surface area contributed by atoms with E-state index in [1.807, 2.05) is 0 Å². The zero-order chi connectivity index (χ0) is 3.54. The maximum absolute atomic E-state index is 3.10. The zero-order valence-corrected chi connectivity index (χ0v) is 8.86. The second kappa shape index (κ2) is 7.01. The van der Waals surface area contributed by atoms with Crippen molar-refractivity contribution in [3.8, 4) is 0 Å². The summed E-state index contributed by atoms with van der Waals surface area (Å²) in [5.41, 5.74) is 0. The molecule has 1 saturated heterocycles. The van der Waals surface area contributed by atoms with Crippen LogP contribution in [0.1, 0.15) is 12.8 Å². The van der Waals surface area contributed by atoms with Crippen LogP contribution in [0.15, 0.2) is 0 Å². The Labute approximate surface area is 69.6 Å². The van der Waals surface area contributed by atoms with E-state index in [0.717, 1.165) is 0 Å². The van der Waals surface area contributed by atoms with Crippen molar-refractivity contribution >= 4 is 0 Å². The van der Waals surface area contributed by atoms with E-state index >= 15 is 0 Å². The van der Waals surface area contributed by atoms with Crippen LogP contribution in [0.2, 0.25) is 0 Å². The van der Waals surface area contributed by atoms with Gasteiger partial charge in [-0.2, -0.15) is 6.42 Å². The molecule has 0 amide bonds. The molecule has 1 aliphatic rings. The zero-order valence-electron chi connectivity index (χ0n) is 4.70. The van der Waals surface area contributed by atoms with Gasteiger partial charge < -0.3 is 12.7 Å². The van der Waals surface area contributed by atoms with Gasteiger partial charge in [-0.15, -0.1) is 0 Å². The van der Waals surface area contributed by atoms with E-state index in [1.165, 1.54) is 19.4 Å². The average molecular weight is 323 g/mol. The summed E-state index contributed by atoms with van der Waals surface area (Å²) in [4.78, 5) is 0. The van der Waals surface area contributed by atoms with Crippen LogP contribution in [0.3, 0.4) is 0 Å². The molecule has 40 valence electrons. The van der Waals surface area contributed by atoms with Crippen molar-refractivity contribution in [1.82, 2.24) is 5.32 Å². The summed E-state index contributed by atoms with van der Waals surface area (Å²) < 4.78 is 0. The van der Waals surface area contributed by atoms with E-state index in [0.29, 0.717) is 0 Å². The Morgan fingerprint density at radius 3 is 2.29 bits per heavy atom. The molecule has 1 heterocycles. The van der Waals surface area contributed by atoms with Crippen LogP contribution in [0.4, 0.5) is 0 Å². The molecule has 1 nitrogen and oxygen atoms in total. The monoisotopic (exact) mass is 323 g/mol. The molecule has 0 aliphatic carbocycles. The summed E-state index contributed by atoms with van der Waals surface area (Å²) in [5.74, 6) is 0. The predicted molar refractivity (Wildman–Crippen MR) is 28.0 cm³/mol. The van der Waals surface area contributed by atoms with E-state index in [9.17, 15) is 0 Å². The number of nitrogens with one attached hydrogen (secondary N) is 1. The summed E-state index contributed by atoms with van der Waals surface area (Å²) in [5, 5.41) is 3.10. The second-order valence-electron chi connectivity index (χ2n) is 1.30. The molecule has 0 saturated carbocycles. The Morgan fingerprint density at radius 1 is 1.43 bits per heavy atom. The summed E-state index contributed by atoms with van der Waals surface area (Å²) >= 11 is 0. The molecule has 1 aliphatic heterocycles. The molecule has 0 aromatic carbocycles. The first-order valence-electron chi connectivity index (χ1n) is 2.05. The molecule has 1 fully saturated rings. The normalized spacial score (nSPS) is 17.1. The van der Waals surface area contributed by atoms with E-state index in [4.69, 9.17) is 0 Å². The Kier molecular flexibility index (Phi) is 10.9. The average Bonchev–Trinajstić information content (AvgIpc) is 1.76. The molecule has 1 N–H and O–H groups in total. The first kappa shape index (κ1) is 10.9. The Hall–Kier alpha value is 1.01. The molecule has 0 aromatic heterocycles. The van der Waals surface area contributed by atoms with Crippen LogP contribution in [-0.4, -0.2) is 6.54 Å². The molecule has 0 radical (unpaired) electrons. The number of hydrogen-bond donors (Lipinski definition) is 1. The van der Waals surface area contributed by atoms with Crippen molar-refractivity contribution in [1.29, 1.82) is 0 Å². The maximum Gasteiger partial charge on any atom is 2.00 e. The topological polar surface area (TPSA) is 12.0 Å². The molecule has 1 rings (SSSR count). The molecule has 0 spiro atoms. The molecule has 0 bridgehead atoms. The molecular weight excluding hydrogens is 312 g/mol. The van der Waals surface area contributed by atoms with Gasteiger partial charge in [0.05, 0.1) is 0 Å². The summed E-state index contributed by atoms with van der Waals surface area (Å²) in [6.07, 6.45) is 2.60. The van der Waals surface area contributed by atoms with Crippen molar-refractivity contribution in [2.45, 2.75) is 12.8 Å². The van der Waals surface area contributed by atoms with Gasteiger partial charge >= 0.3 is 31.1 Å². The number of rotatable bonds is 0. The standard InChI is InChI=1S/C4H8N.CH3.U/c1-2-4-5-3-1;;/h3,5H,1-2,4H2;1H3;/q2*-1;+2. The first-order chi connectivity index (χ1) is 2.50. The smallest absolute Gasteiger partial charge is 0.470 e. The van der Waals surface area contributed by atoms with Crippen LogP contribution < -0.4 is 5.32 Å². The van der Waals surface area contributed by atoms with E-state index in [2.05, 4.69) is 11.9 Å². The minimum absolute atomic E-state index is 0. The molecule has 2 heteroatoms. The van der Waals surface area contributed by atoms with E-state index in [-0.39, 0.29) is 38.5 Å². The molecule has 0 unspecified atom stereocenters. The summed E-state index contributed by atoms with van der Waals surface area (Å²) in [6.45, 7) is 3.31. The van der Waals surface area contributed by atoms with Gasteiger partial charge in [-0.1, -0.05) is 6.42 Å². The van der Waals surface area contributed by atoms with Gasteiger partial charge in [0.25, 0.3) is 0 Å². The van der Waals surface area contributed by atoms with Crippen molar-refractivity contribution in [2.24, 2.45) is 0 Å². The first-order valence-corrected chi connectivity index (χ1v) is 2.05. The van der Waals surface area contributed by atoms with Gasteiger partial charge in [-0.05, 0) is 6.54 Å². The van der Waals surface area contributed by atoms with Gasteiger partial charge in [-0.25, -0.2) is 0 Å². The fourth-order valence-electron chi connectivity index (χ4n) is 0.510. The summed E-state index contributed by atoms with van der Waals surface area (Å²) in [6, 6.07) is 0. The van der Waals surface area contributed by atoms with Crippen molar-refractivity contribution in [3.05, 3.63) is 14.0 Å². The Bertz CT molecular complexity index is 19.7. The van der Waals surface area contributed by atoms with Crippen molar-refractivity contribution in [3.63, 3.8) is 0 Å². The SMILES string of the molecule is [CH-]1CCCN1.[CH3-].[U+2]. The largest absolute Gasteiger partial charge is 2.00 e. The van der Waals surface area contributed by atoms with Crippen LogP contribution in [0.5, 0.6) is 0 Å². The van der Waals surface area contributed by atoms with Gasteiger partial charge in [0, 0.05) is 0 Å². The molecule has 0 atom stereocenters. The van der Waals surface area contributed by atoms with Crippen LogP contribution in [0.25, 0.3) is 0 Å². The minimum atomic E-state index is 0. The minimum Gasteiger partial charge on any atom is -0.470 e. The fraction of sp³-hybridized carbons (Fsp3) is 0.600. The van der Waals surface area contributed by atoms with Crippen molar-refractivity contribution < 1.29 is 31.1 Å².